The Morgan fingerprint density at radius 2 is 1.71 bits per heavy atom. The molecule has 2 atom stereocenters. The van der Waals surface area contributed by atoms with Crippen LogP contribution in [-0.4, -0.2) is 43.5 Å². The van der Waals surface area contributed by atoms with Crippen LogP contribution < -0.4 is 14.4 Å². The monoisotopic (exact) mass is 644 g/mol. The quantitative estimate of drug-likeness (QED) is 0.180. The van der Waals surface area contributed by atoms with Crippen molar-refractivity contribution < 1.29 is 23.8 Å². The number of benzene rings is 4. The SMILES string of the molecule is COC(=O)[C@@H]1Cc2cc3c(cc2CN1CCCc1ccccc1)O[C@@H](c1ccc(OCc2ccc(Cl)c(Cl)c2)cc1)C(=O)N3C. The number of aryl methyl sites for hydroxylation is 1. The van der Waals surface area contributed by atoms with Gasteiger partial charge in [-0.15, -0.1) is 0 Å². The first kappa shape index (κ1) is 31.0. The van der Waals surface area contributed by atoms with E-state index in [2.05, 4.69) is 17.0 Å². The summed E-state index contributed by atoms with van der Waals surface area (Å²) in [5, 5.41) is 0.973. The number of hydrogen-bond acceptors (Lipinski definition) is 6. The van der Waals surface area contributed by atoms with Gasteiger partial charge in [-0.25, -0.2) is 0 Å². The average molecular weight is 646 g/mol. The van der Waals surface area contributed by atoms with Gasteiger partial charge in [0.25, 0.3) is 5.91 Å². The van der Waals surface area contributed by atoms with Gasteiger partial charge in [-0.1, -0.05) is 71.7 Å². The molecule has 7 nitrogen and oxygen atoms in total. The van der Waals surface area contributed by atoms with Gasteiger partial charge in [0, 0.05) is 19.2 Å². The standard InChI is InChI=1S/C36H34Cl2N2O5/c1-39-31-18-26-19-32(36(42)43-2)40(16-6-9-23-7-4-3-5-8-23)21-27(26)20-33(31)45-34(35(39)41)25-11-13-28(14-12-25)44-22-24-10-15-29(37)30(38)17-24/h3-5,7-8,10-15,17-18,20,32,34H,6,9,16,19,21-22H2,1-2H3/t32-,34-/m0/s1. The Labute approximate surface area is 273 Å². The molecule has 0 saturated carbocycles. The van der Waals surface area contributed by atoms with E-state index < -0.39 is 6.10 Å². The molecule has 4 aromatic rings. The maximum atomic E-state index is 13.5. The van der Waals surface area contributed by atoms with E-state index in [1.807, 2.05) is 60.7 Å². The third-order valence-corrected chi connectivity index (χ3v) is 9.21. The lowest BCUT2D eigenvalue weighted by Crippen LogP contribution is -2.47. The zero-order valence-corrected chi connectivity index (χ0v) is 26.7. The molecule has 0 spiro atoms. The van der Waals surface area contributed by atoms with E-state index >= 15 is 0 Å². The van der Waals surface area contributed by atoms with Gasteiger partial charge in [-0.05, 0) is 84.5 Å². The number of likely N-dealkylation sites (N-methyl/N-ethyl adjacent to an activating group) is 1. The molecule has 4 aromatic carbocycles. The number of ether oxygens (including phenoxy) is 3. The van der Waals surface area contributed by atoms with Crippen molar-refractivity contribution in [1.29, 1.82) is 0 Å². The minimum atomic E-state index is -0.793. The van der Waals surface area contributed by atoms with E-state index in [0.29, 0.717) is 46.8 Å². The molecule has 6 rings (SSSR count). The van der Waals surface area contributed by atoms with Crippen molar-refractivity contribution in [3.05, 3.63) is 123 Å². The highest BCUT2D eigenvalue weighted by Gasteiger charge is 2.37. The minimum Gasteiger partial charge on any atom is -0.489 e. The second-order valence-corrected chi connectivity index (χ2v) is 12.2. The Morgan fingerprint density at radius 1 is 0.933 bits per heavy atom. The molecule has 2 aliphatic rings. The number of carbonyl (C=O) groups is 2. The summed E-state index contributed by atoms with van der Waals surface area (Å²) in [4.78, 5) is 30.1. The fourth-order valence-electron chi connectivity index (χ4n) is 5.97. The van der Waals surface area contributed by atoms with Crippen molar-refractivity contribution in [2.75, 3.05) is 25.6 Å². The predicted molar refractivity (Wildman–Crippen MR) is 175 cm³/mol. The van der Waals surface area contributed by atoms with Crippen LogP contribution in [0.2, 0.25) is 10.0 Å². The second kappa shape index (κ2) is 13.5. The highest BCUT2D eigenvalue weighted by molar-refractivity contribution is 6.42. The van der Waals surface area contributed by atoms with Gasteiger partial charge in [0.05, 0.1) is 22.8 Å². The summed E-state index contributed by atoms with van der Waals surface area (Å²) in [6, 6.07) is 26.7. The summed E-state index contributed by atoms with van der Waals surface area (Å²) in [6.45, 7) is 1.68. The van der Waals surface area contributed by atoms with Gasteiger partial charge < -0.3 is 19.1 Å². The summed E-state index contributed by atoms with van der Waals surface area (Å²) in [7, 11) is 3.19. The van der Waals surface area contributed by atoms with Gasteiger partial charge in [0.15, 0.2) is 0 Å². The molecule has 0 N–H and O–H groups in total. The molecule has 0 aliphatic carbocycles. The number of halogens is 2. The van der Waals surface area contributed by atoms with Crippen LogP contribution in [0, 0.1) is 0 Å². The molecule has 2 aliphatic heterocycles. The van der Waals surface area contributed by atoms with Crippen LogP contribution in [0.5, 0.6) is 11.5 Å². The Morgan fingerprint density at radius 3 is 2.44 bits per heavy atom. The normalized spacial score (nSPS) is 17.7. The molecule has 1 amide bonds. The topological polar surface area (TPSA) is 68.3 Å². The number of hydrogen-bond donors (Lipinski definition) is 0. The zero-order valence-electron chi connectivity index (χ0n) is 25.2. The lowest BCUT2D eigenvalue weighted by molar-refractivity contribution is -0.147. The summed E-state index contributed by atoms with van der Waals surface area (Å²) in [6.07, 6.45) is 1.56. The summed E-state index contributed by atoms with van der Waals surface area (Å²) in [5.74, 6) is 0.878. The van der Waals surface area contributed by atoms with Crippen LogP contribution in [0.25, 0.3) is 0 Å². The molecule has 0 radical (unpaired) electrons. The van der Waals surface area contributed by atoms with Crippen molar-refractivity contribution >= 4 is 40.8 Å². The number of anilines is 1. The van der Waals surface area contributed by atoms with E-state index in [9.17, 15) is 9.59 Å². The summed E-state index contributed by atoms with van der Waals surface area (Å²) >= 11 is 12.1. The molecule has 9 heteroatoms. The lowest BCUT2D eigenvalue weighted by atomic mass is 9.91. The van der Waals surface area contributed by atoms with Crippen molar-refractivity contribution in [2.24, 2.45) is 0 Å². The van der Waals surface area contributed by atoms with Crippen LogP contribution >= 0.6 is 23.2 Å². The first-order valence-corrected chi connectivity index (χ1v) is 15.7. The van der Waals surface area contributed by atoms with Crippen molar-refractivity contribution in [2.45, 2.75) is 44.6 Å². The first-order chi connectivity index (χ1) is 21.8. The molecule has 0 bridgehead atoms. The Kier molecular flexibility index (Phi) is 9.31. The molecule has 0 aromatic heterocycles. The molecule has 2 heterocycles. The van der Waals surface area contributed by atoms with Crippen LogP contribution in [0.15, 0.2) is 84.9 Å². The van der Waals surface area contributed by atoms with E-state index in [-0.39, 0.29) is 17.9 Å². The van der Waals surface area contributed by atoms with Crippen molar-refractivity contribution in [3.8, 4) is 11.5 Å². The summed E-state index contributed by atoms with van der Waals surface area (Å²) in [5.41, 5.74) is 5.70. The first-order valence-electron chi connectivity index (χ1n) is 14.9. The fraction of sp³-hybridized carbons (Fsp3) is 0.278. The lowest BCUT2D eigenvalue weighted by Gasteiger charge is -2.38. The molecule has 0 fully saturated rings. The molecular formula is C36H34Cl2N2O5. The minimum absolute atomic E-state index is 0.171. The zero-order chi connectivity index (χ0) is 31.5. The van der Waals surface area contributed by atoms with E-state index in [1.54, 1.807) is 24.1 Å². The average Bonchev–Trinajstić information content (AvgIpc) is 3.06. The molecule has 45 heavy (non-hydrogen) atoms. The van der Waals surface area contributed by atoms with Gasteiger partial charge in [0.1, 0.15) is 24.1 Å². The van der Waals surface area contributed by atoms with E-state index in [1.165, 1.54) is 12.7 Å². The predicted octanol–water partition coefficient (Wildman–Crippen LogP) is 7.20. The maximum absolute atomic E-state index is 13.5. The van der Waals surface area contributed by atoms with Crippen LogP contribution in [0.4, 0.5) is 5.69 Å². The number of nitrogens with zero attached hydrogens (tertiary/aromatic N) is 2. The fourth-order valence-corrected chi connectivity index (χ4v) is 6.29. The van der Waals surface area contributed by atoms with Gasteiger partial charge in [-0.2, -0.15) is 0 Å². The third-order valence-electron chi connectivity index (χ3n) is 8.47. The van der Waals surface area contributed by atoms with Gasteiger partial charge in [0.2, 0.25) is 6.10 Å². The largest absolute Gasteiger partial charge is 0.489 e. The molecule has 232 valence electrons. The van der Waals surface area contributed by atoms with Gasteiger partial charge in [-0.3, -0.25) is 14.5 Å². The summed E-state index contributed by atoms with van der Waals surface area (Å²) < 4.78 is 17.5. The second-order valence-electron chi connectivity index (χ2n) is 11.4. The highest BCUT2D eigenvalue weighted by atomic mass is 35.5. The number of carbonyl (C=O) groups excluding carboxylic acids is 2. The Balaban J connectivity index is 1.17. The molecule has 0 saturated heterocycles. The Hall–Kier alpha value is -4.04. The third kappa shape index (κ3) is 6.81. The molecule has 0 unspecified atom stereocenters. The van der Waals surface area contributed by atoms with Crippen LogP contribution in [0.3, 0.4) is 0 Å². The maximum Gasteiger partial charge on any atom is 0.323 e. The van der Waals surface area contributed by atoms with E-state index in [0.717, 1.165) is 41.6 Å². The highest BCUT2D eigenvalue weighted by Crippen LogP contribution is 2.42. The Bertz CT molecular complexity index is 1700. The van der Waals surface area contributed by atoms with Crippen LogP contribution in [-0.2, 0) is 40.3 Å². The van der Waals surface area contributed by atoms with Crippen molar-refractivity contribution in [1.82, 2.24) is 4.90 Å². The number of fused-ring (bicyclic) bond motifs is 2. The molecular weight excluding hydrogens is 611 g/mol. The van der Waals surface area contributed by atoms with Gasteiger partial charge >= 0.3 is 5.97 Å². The number of rotatable bonds is 9. The van der Waals surface area contributed by atoms with E-state index in [4.69, 9.17) is 37.4 Å². The smallest absolute Gasteiger partial charge is 0.323 e. The number of esters is 1. The van der Waals surface area contributed by atoms with Crippen molar-refractivity contribution in [3.63, 3.8) is 0 Å². The number of amides is 1. The van der Waals surface area contributed by atoms with Crippen LogP contribution in [0.1, 0.15) is 40.3 Å². The number of methoxy groups -OCH3 is 1.